The molecule has 0 aliphatic heterocycles. The molecule has 2 aromatic rings. The Balaban J connectivity index is 2.16. The lowest BCUT2D eigenvalue weighted by Gasteiger charge is -2.15. The van der Waals surface area contributed by atoms with Crippen LogP contribution < -0.4 is 5.32 Å². The van der Waals surface area contributed by atoms with Crippen molar-refractivity contribution in [2.24, 2.45) is 0 Å². The van der Waals surface area contributed by atoms with Crippen LogP contribution in [-0.2, 0) is 14.8 Å². The Bertz CT molecular complexity index is 860. The highest BCUT2D eigenvalue weighted by molar-refractivity contribution is 8.00. The molecule has 0 radical (unpaired) electrons. The zero-order valence-electron chi connectivity index (χ0n) is 13.8. The van der Waals surface area contributed by atoms with Crippen molar-refractivity contribution in [3.63, 3.8) is 0 Å². The second kappa shape index (κ2) is 8.13. The van der Waals surface area contributed by atoms with Gasteiger partial charge in [0.25, 0.3) is 0 Å². The van der Waals surface area contributed by atoms with Crippen LogP contribution in [0, 0.1) is 0 Å². The Labute approximate surface area is 155 Å². The van der Waals surface area contributed by atoms with E-state index in [0.29, 0.717) is 10.7 Å². The summed E-state index contributed by atoms with van der Waals surface area (Å²) in [4.78, 5) is 20.3. The molecule has 1 aromatic heterocycles. The lowest BCUT2D eigenvalue weighted by molar-refractivity contribution is -0.115. The van der Waals surface area contributed by atoms with Crippen LogP contribution in [0.4, 0.5) is 5.69 Å². The Hall–Kier alpha value is -1.68. The average molecular weight is 401 g/mol. The van der Waals surface area contributed by atoms with Gasteiger partial charge in [0.2, 0.25) is 15.9 Å². The number of halogens is 1. The number of thioether (sulfide) groups is 1. The van der Waals surface area contributed by atoms with E-state index in [4.69, 9.17) is 11.6 Å². The van der Waals surface area contributed by atoms with Gasteiger partial charge in [0.1, 0.15) is 9.92 Å². The molecule has 1 aromatic carbocycles. The third-order valence-corrected chi connectivity index (χ3v) is 6.48. The summed E-state index contributed by atoms with van der Waals surface area (Å²) in [7, 11) is -0.882. The number of carbonyl (C=O) groups excluding carboxylic acids is 1. The third-order valence-electron chi connectivity index (χ3n) is 3.16. The minimum atomic E-state index is -3.71. The van der Waals surface area contributed by atoms with Gasteiger partial charge < -0.3 is 5.32 Å². The molecule has 0 spiro atoms. The number of nitrogens with one attached hydrogen (secondary N) is 1. The van der Waals surface area contributed by atoms with Crippen molar-refractivity contribution in [3.8, 4) is 0 Å². The molecule has 0 aliphatic rings. The van der Waals surface area contributed by atoms with Crippen molar-refractivity contribution in [2.45, 2.75) is 22.1 Å². The van der Waals surface area contributed by atoms with Crippen LogP contribution >= 0.6 is 23.4 Å². The number of aromatic nitrogens is 2. The predicted octanol–water partition coefficient (Wildman–Crippen LogP) is 2.50. The lowest BCUT2D eigenvalue weighted by atomic mass is 10.3. The van der Waals surface area contributed by atoms with E-state index in [1.54, 1.807) is 31.6 Å². The zero-order valence-corrected chi connectivity index (χ0v) is 16.2. The average Bonchev–Trinajstić information content (AvgIpc) is 2.57. The molecule has 25 heavy (non-hydrogen) atoms. The van der Waals surface area contributed by atoms with E-state index in [-0.39, 0.29) is 15.8 Å². The van der Waals surface area contributed by atoms with E-state index < -0.39 is 15.3 Å². The van der Waals surface area contributed by atoms with E-state index in [9.17, 15) is 13.2 Å². The highest BCUT2D eigenvalue weighted by atomic mass is 35.5. The van der Waals surface area contributed by atoms with E-state index >= 15 is 0 Å². The van der Waals surface area contributed by atoms with Crippen LogP contribution in [0.25, 0.3) is 0 Å². The summed E-state index contributed by atoms with van der Waals surface area (Å²) in [5.41, 5.74) is 0.349. The molecule has 1 atom stereocenters. The molecule has 1 amide bonds. The topological polar surface area (TPSA) is 92.3 Å². The van der Waals surface area contributed by atoms with Crippen LogP contribution in [0.15, 0.2) is 46.7 Å². The molecule has 0 fully saturated rings. The molecule has 0 aliphatic carbocycles. The van der Waals surface area contributed by atoms with Gasteiger partial charge in [0.05, 0.1) is 16.5 Å². The second-order valence-corrected chi connectivity index (χ2v) is 9.11. The van der Waals surface area contributed by atoms with Gasteiger partial charge in [-0.3, -0.25) is 9.78 Å². The Morgan fingerprint density at radius 1 is 1.32 bits per heavy atom. The van der Waals surface area contributed by atoms with Crippen LogP contribution in [-0.4, -0.2) is 47.9 Å². The number of amides is 1. The highest BCUT2D eigenvalue weighted by Gasteiger charge is 2.22. The van der Waals surface area contributed by atoms with Crippen LogP contribution in [0.5, 0.6) is 0 Å². The molecule has 1 N–H and O–H groups in total. The van der Waals surface area contributed by atoms with E-state index in [2.05, 4.69) is 15.3 Å². The standard InChI is InChI=1S/C15H17ClN4O3S2/c1-10(24-14-9-17-6-7-18-14)15(21)19-11-4-5-12(16)13(8-11)25(22,23)20(2)3/h4-10H,1-3H3,(H,19,21)/t10-/m1/s1. The Morgan fingerprint density at radius 2 is 2.04 bits per heavy atom. The van der Waals surface area contributed by atoms with Crippen LogP contribution in [0.1, 0.15) is 6.92 Å². The van der Waals surface area contributed by atoms with Gasteiger partial charge in [-0.2, -0.15) is 0 Å². The Kier molecular flexibility index (Phi) is 6.39. The van der Waals surface area contributed by atoms with Gasteiger partial charge in [-0.1, -0.05) is 23.4 Å². The molecule has 1 heterocycles. The predicted molar refractivity (Wildman–Crippen MR) is 98.3 cm³/mol. The van der Waals surface area contributed by atoms with Crippen molar-refractivity contribution < 1.29 is 13.2 Å². The first kappa shape index (κ1) is 19.6. The van der Waals surface area contributed by atoms with E-state index in [1.807, 2.05) is 0 Å². The molecule has 0 saturated heterocycles. The van der Waals surface area contributed by atoms with Crippen molar-refractivity contribution in [2.75, 3.05) is 19.4 Å². The van der Waals surface area contributed by atoms with E-state index in [0.717, 1.165) is 4.31 Å². The second-order valence-electron chi connectivity index (χ2n) is 5.23. The largest absolute Gasteiger partial charge is 0.325 e. The molecular formula is C15H17ClN4O3S2. The quantitative estimate of drug-likeness (QED) is 0.749. The van der Waals surface area contributed by atoms with Crippen molar-refractivity contribution in [3.05, 3.63) is 41.8 Å². The first-order valence-electron chi connectivity index (χ1n) is 7.17. The number of anilines is 1. The van der Waals surface area contributed by atoms with Gasteiger partial charge in [-0.15, -0.1) is 0 Å². The molecule has 134 valence electrons. The summed E-state index contributed by atoms with van der Waals surface area (Å²) < 4.78 is 25.6. The maximum Gasteiger partial charge on any atom is 0.244 e. The number of nitrogens with zero attached hydrogens (tertiary/aromatic N) is 3. The molecule has 0 bridgehead atoms. The minimum absolute atomic E-state index is 0.0637. The van der Waals surface area contributed by atoms with Crippen molar-refractivity contribution in [1.82, 2.24) is 14.3 Å². The van der Waals surface area contributed by atoms with Gasteiger partial charge in [-0.05, 0) is 25.1 Å². The van der Waals surface area contributed by atoms with E-state index in [1.165, 1.54) is 38.0 Å². The van der Waals surface area contributed by atoms with Crippen LogP contribution in [0.2, 0.25) is 5.02 Å². The first-order chi connectivity index (χ1) is 11.7. The first-order valence-corrected chi connectivity index (χ1v) is 9.87. The number of sulfonamides is 1. The van der Waals surface area contributed by atoms with Crippen molar-refractivity contribution in [1.29, 1.82) is 0 Å². The monoisotopic (exact) mass is 400 g/mol. The summed E-state index contributed by atoms with van der Waals surface area (Å²) in [5, 5.41) is 2.96. The fourth-order valence-corrected chi connectivity index (χ4v) is 3.97. The SMILES string of the molecule is C[C@@H](Sc1cnccn1)C(=O)Nc1ccc(Cl)c(S(=O)(=O)N(C)C)c1. The van der Waals surface area contributed by atoms with Gasteiger partial charge >= 0.3 is 0 Å². The smallest absolute Gasteiger partial charge is 0.244 e. The number of rotatable bonds is 6. The summed E-state index contributed by atoms with van der Waals surface area (Å²) in [5.74, 6) is -0.286. The molecule has 2 rings (SSSR count). The van der Waals surface area contributed by atoms with Crippen molar-refractivity contribution >= 4 is 45.0 Å². The fraction of sp³-hybridized carbons (Fsp3) is 0.267. The number of hydrogen-bond acceptors (Lipinski definition) is 6. The maximum atomic E-state index is 12.3. The number of carbonyl (C=O) groups is 1. The van der Waals surface area contributed by atoms with Crippen LogP contribution in [0.3, 0.4) is 0 Å². The minimum Gasteiger partial charge on any atom is -0.325 e. The summed E-state index contributed by atoms with van der Waals surface area (Å²) in [6, 6.07) is 4.33. The summed E-state index contributed by atoms with van der Waals surface area (Å²) in [6.07, 6.45) is 4.66. The Morgan fingerprint density at radius 3 is 2.64 bits per heavy atom. The highest BCUT2D eigenvalue weighted by Crippen LogP contribution is 2.27. The zero-order chi connectivity index (χ0) is 18.6. The molecular weight excluding hydrogens is 384 g/mol. The summed E-state index contributed by atoms with van der Waals surface area (Å²) in [6.45, 7) is 1.72. The number of benzene rings is 1. The molecule has 0 saturated carbocycles. The van der Waals surface area contributed by atoms with Gasteiger partial charge in [0, 0.05) is 32.2 Å². The van der Waals surface area contributed by atoms with Gasteiger partial charge in [-0.25, -0.2) is 17.7 Å². The normalized spacial score (nSPS) is 12.8. The number of hydrogen-bond donors (Lipinski definition) is 1. The lowest BCUT2D eigenvalue weighted by Crippen LogP contribution is -2.24. The molecule has 7 nitrogen and oxygen atoms in total. The third kappa shape index (κ3) is 4.91. The maximum absolute atomic E-state index is 12.3. The molecule has 0 unspecified atom stereocenters. The fourth-order valence-electron chi connectivity index (χ4n) is 1.80. The summed E-state index contributed by atoms with van der Waals surface area (Å²) >= 11 is 7.24. The molecule has 10 heteroatoms. The van der Waals surface area contributed by atoms with Gasteiger partial charge in [0.15, 0.2) is 0 Å².